The minimum atomic E-state index is -0.471. The van der Waals surface area contributed by atoms with Crippen LogP contribution in [0.2, 0.25) is 0 Å². The number of unbranched alkanes of at least 4 members (excludes halogenated alkanes) is 8. The van der Waals surface area contributed by atoms with Gasteiger partial charge in [0.1, 0.15) is 6.23 Å². The molecule has 0 aliphatic heterocycles. The Morgan fingerprint density at radius 3 is 1.74 bits per heavy atom. The van der Waals surface area contributed by atoms with E-state index < -0.39 is 6.23 Å². The highest BCUT2D eigenvalue weighted by molar-refractivity contribution is 5.69. The number of carbonyl (C=O) groups excluding carboxylic acids is 1. The van der Waals surface area contributed by atoms with Gasteiger partial charge in [0, 0.05) is 6.42 Å². The van der Waals surface area contributed by atoms with Crippen molar-refractivity contribution >= 4 is 5.97 Å². The van der Waals surface area contributed by atoms with E-state index in [9.17, 15) is 10.0 Å². The molecule has 0 saturated heterocycles. The lowest BCUT2D eigenvalue weighted by Crippen LogP contribution is -3.06. The third-order valence-electron chi connectivity index (χ3n) is 3.59. The summed E-state index contributed by atoms with van der Waals surface area (Å²) in [5.41, 5.74) is 5.36. The van der Waals surface area contributed by atoms with Gasteiger partial charge in [-0.15, -0.1) is 0 Å². The van der Waals surface area contributed by atoms with Crippen LogP contribution in [0.5, 0.6) is 0 Å². The Morgan fingerprint density at radius 2 is 1.39 bits per heavy atom. The van der Waals surface area contributed by atoms with E-state index >= 15 is 0 Å². The van der Waals surface area contributed by atoms with Crippen molar-refractivity contribution < 1.29 is 14.6 Å². The molecule has 0 aromatic heterocycles. The lowest BCUT2D eigenvalue weighted by molar-refractivity contribution is -0.843. The van der Waals surface area contributed by atoms with Crippen LogP contribution in [0.3, 0.4) is 0 Å². The van der Waals surface area contributed by atoms with Crippen LogP contribution in [0.1, 0.15) is 91.9 Å². The van der Waals surface area contributed by atoms with Gasteiger partial charge in [-0.25, -0.2) is 0 Å². The second-order valence-electron chi connectivity index (χ2n) is 6.02. The first-order chi connectivity index (χ1) is 11.0. The number of hydroxylamine groups is 2. The van der Waals surface area contributed by atoms with E-state index in [4.69, 9.17) is 10.5 Å². The van der Waals surface area contributed by atoms with Gasteiger partial charge in [-0.2, -0.15) is 0 Å². The van der Waals surface area contributed by atoms with Gasteiger partial charge >= 0.3 is 5.97 Å². The molecule has 23 heavy (non-hydrogen) atoms. The largest absolute Gasteiger partial charge is 0.634 e. The highest BCUT2D eigenvalue weighted by Crippen LogP contribution is 2.10. The predicted octanol–water partition coefficient (Wildman–Crippen LogP) is 3.16. The summed E-state index contributed by atoms with van der Waals surface area (Å²) in [5, 5.41) is 10.5. The minimum absolute atomic E-state index is 0.164. The van der Waals surface area contributed by atoms with Crippen LogP contribution in [0, 0.1) is 5.21 Å². The summed E-state index contributed by atoms with van der Waals surface area (Å²) in [5.74, 6) is -0.164. The number of rotatable bonds is 13. The van der Waals surface area contributed by atoms with Gasteiger partial charge in [0.15, 0.2) is 0 Å². The monoisotopic (exact) mass is 332 g/mol. The number of esters is 1. The molecule has 0 saturated carbocycles. The number of nitrogens with one attached hydrogen (secondary N) is 1. The van der Waals surface area contributed by atoms with Gasteiger partial charge in [-0.3, -0.25) is 10.5 Å². The molecule has 140 valence electrons. The average Bonchev–Trinajstić information content (AvgIpc) is 2.52. The van der Waals surface area contributed by atoms with Crippen LogP contribution in [-0.2, 0) is 9.53 Å². The van der Waals surface area contributed by atoms with E-state index in [1.807, 2.05) is 13.8 Å². The molecule has 0 radical (unpaired) electrons. The van der Waals surface area contributed by atoms with Crippen molar-refractivity contribution in [1.29, 1.82) is 0 Å². The molecule has 0 amide bonds. The Hall–Kier alpha value is -0.650. The molecule has 0 aromatic carbocycles. The Morgan fingerprint density at radius 1 is 0.957 bits per heavy atom. The summed E-state index contributed by atoms with van der Waals surface area (Å²) < 4.78 is 4.86. The Kier molecular flexibility index (Phi) is 20.7. The molecular weight excluding hydrogens is 292 g/mol. The average molecular weight is 333 g/mol. The Labute approximate surface area is 143 Å². The molecule has 0 aliphatic rings. The lowest BCUT2D eigenvalue weighted by Gasteiger charge is -2.16. The number of hydrogen-bond acceptors (Lipinski definition) is 4. The number of nitrogens with two attached hydrogens (primary N) is 1. The molecule has 0 fully saturated rings. The van der Waals surface area contributed by atoms with Crippen molar-refractivity contribution in [3.05, 3.63) is 5.21 Å². The zero-order chi connectivity index (χ0) is 17.9. The smallest absolute Gasteiger partial charge is 0.307 e. The van der Waals surface area contributed by atoms with Gasteiger partial charge in [0.2, 0.25) is 0 Å². The van der Waals surface area contributed by atoms with Crippen LogP contribution in [-0.4, -0.2) is 25.3 Å². The van der Waals surface area contributed by atoms with E-state index in [-0.39, 0.29) is 5.97 Å². The highest BCUT2D eigenvalue weighted by atomic mass is 16.6. The van der Waals surface area contributed by atoms with Crippen LogP contribution < -0.4 is 10.8 Å². The maximum atomic E-state index is 11.2. The number of ether oxygens (including phenoxy) is 1. The molecule has 1 unspecified atom stereocenters. The zero-order valence-corrected chi connectivity index (χ0v) is 15.9. The fraction of sp³-hybridized carbons (Fsp3) is 0.944. The van der Waals surface area contributed by atoms with E-state index in [0.29, 0.717) is 24.6 Å². The third kappa shape index (κ3) is 23.7. The zero-order valence-electron chi connectivity index (χ0n) is 15.9. The number of quaternary nitrogens is 1. The van der Waals surface area contributed by atoms with Crippen LogP contribution in [0.25, 0.3) is 0 Å². The van der Waals surface area contributed by atoms with Crippen molar-refractivity contribution in [2.45, 2.75) is 98.1 Å². The molecule has 0 heterocycles. The second-order valence-corrected chi connectivity index (χ2v) is 6.02. The van der Waals surface area contributed by atoms with Crippen molar-refractivity contribution in [3.8, 4) is 0 Å². The summed E-state index contributed by atoms with van der Waals surface area (Å²) in [6, 6.07) is 0. The van der Waals surface area contributed by atoms with E-state index in [1.165, 1.54) is 44.9 Å². The quantitative estimate of drug-likeness (QED) is 0.235. The summed E-state index contributed by atoms with van der Waals surface area (Å²) >= 11 is 0. The summed E-state index contributed by atoms with van der Waals surface area (Å²) in [4.78, 5) is 11.2. The van der Waals surface area contributed by atoms with Gasteiger partial charge < -0.3 is 15.0 Å². The van der Waals surface area contributed by atoms with Crippen molar-refractivity contribution in [3.63, 3.8) is 0 Å². The Bertz CT molecular complexity index is 244. The van der Waals surface area contributed by atoms with Gasteiger partial charge in [-0.1, -0.05) is 58.3 Å². The third-order valence-corrected chi connectivity index (χ3v) is 3.59. The predicted molar refractivity (Wildman–Crippen MR) is 97.0 cm³/mol. The minimum Gasteiger partial charge on any atom is -0.634 e. The Balaban J connectivity index is 0. The lowest BCUT2D eigenvalue weighted by atomic mass is 10.1. The molecule has 5 nitrogen and oxygen atoms in total. The molecule has 0 bridgehead atoms. The fourth-order valence-corrected chi connectivity index (χ4v) is 2.10. The molecule has 0 aromatic rings. The molecule has 0 spiro atoms. The highest BCUT2D eigenvalue weighted by Gasteiger charge is 2.04. The van der Waals surface area contributed by atoms with Crippen LogP contribution in [0.15, 0.2) is 0 Å². The summed E-state index contributed by atoms with van der Waals surface area (Å²) in [6.45, 7) is 9.06. The fourth-order valence-electron chi connectivity index (χ4n) is 2.10. The first kappa shape index (κ1) is 24.6. The van der Waals surface area contributed by atoms with E-state index in [1.54, 1.807) is 6.92 Å². The number of carbonyl (C=O) groups is 1. The first-order valence-corrected chi connectivity index (χ1v) is 9.44. The maximum Gasteiger partial charge on any atom is 0.307 e. The van der Waals surface area contributed by atoms with Gasteiger partial charge in [0.25, 0.3) is 0 Å². The molecule has 1 atom stereocenters. The van der Waals surface area contributed by atoms with Crippen LogP contribution >= 0.6 is 0 Å². The molecule has 5 heteroatoms. The second kappa shape index (κ2) is 19.4. The number of hydrogen-bond donors (Lipinski definition) is 2. The SMILES string of the molecule is CCCCCCCCCCCC(=O)OC(C)N.CC[NH+]([O-])CC. The summed E-state index contributed by atoms with van der Waals surface area (Å²) in [6.07, 6.45) is 11.4. The van der Waals surface area contributed by atoms with Crippen molar-refractivity contribution in [2.24, 2.45) is 5.73 Å². The normalized spacial score (nSPS) is 11.8. The van der Waals surface area contributed by atoms with E-state index in [0.717, 1.165) is 12.8 Å². The summed E-state index contributed by atoms with van der Waals surface area (Å²) in [7, 11) is 0. The van der Waals surface area contributed by atoms with Gasteiger partial charge in [0.05, 0.1) is 13.1 Å². The van der Waals surface area contributed by atoms with Gasteiger partial charge in [-0.05, 0) is 27.2 Å². The molecule has 3 N–H and O–H groups in total. The molecular formula is C18H40N2O3. The maximum absolute atomic E-state index is 11.2. The van der Waals surface area contributed by atoms with Crippen molar-refractivity contribution in [2.75, 3.05) is 13.1 Å². The molecule has 0 aliphatic carbocycles. The standard InChI is InChI=1S/C14H29NO2.C4H11NO/c1-3-4-5-6-7-8-9-10-11-12-14(16)17-13(2)15;1-3-5(6)4-2/h13H,3-12,15H2,1-2H3;5H,3-4H2,1-2H3. The topological polar surface area (TPSA) is 79.8 Å². The van der Waals surface area contributed by atoms with Crippen LogP contribution in [0.4, 0.5) is 0 Å². The first-order valence-electron chi connectivity index (χ1n) is 9.44. The van der Waals surface area contributed by atoms with Crippen molar-refractivity contribution in [1.82, 2.24) is 0 Å². The van der Waals surface area contributed by atoms with E-state index in [2.05, 4.69) is 6.92 Å². The molecule has 0 rings (SSSR count).